The molecule has 0 saturated heterocycles. The van der Waals surface area contributed by atoms with Crippen molar-refractivity contribution < 1.29 is 9.90 Å². The summed E-state index contributed by atoms with van der Waals surface area (Å²) in [6.07, 6.45) is 3.17. The third kappa shape index (κ3) is 1.24. The normalized spacial score (nSPS) is 10.7. The fourth-order valence-electron chi connectivity index (χ4n) is 1.31. The van der Waals surface area contributed by atoms with Gasteiger partial charge in [-0.05, 0) is 13.0 Å². The molecule has 5 heteroatoms. The van der Waals surface area contributed by atoms with Crippen molar-refractivity contribution >= 4 is 23.1 Å². The Morgan fingerprint density at radius 1 is 1.64 bits per heavy atom. The van der Waals surface area contributed by atoms with Gasteiger partial charge in [-0.3, -0.25) is 0 Å². The Hall–Kier alpha value is -1.55. The Morgan fingerprint density at radius 3 is 3.00 bits per heavy atom. The van der Waals surface area contributed by atoms with Gasteiger partial charge in [0.25, 0.3) is 0 Å². The van der Waals surface area contributed by atoms with Gasteiger partial charge in [-0.1, -0.05) is 11.6 Å². The van der Waals surface area contributed by atoms with E-state index in [0.717, 1.165) is 11.3 Å². The summed E-state index contributed by atoms with van der Waals surface area (Å²) in [5, 5.41) is 9.03. The summed E-state index contributed by atoms with van der Waals surface area (Å²) < 4.78 is 1.74. The van der Waals surface area contributed by atoms with E-state index in [0.29, 0.717) is 0 Å². The first-order valence-electron chi connectivity index (χ1n) is 3.96. The molecule has 72 valence electrons. The van der Waals surface area contributed by atoms with Crippen molar-refractivity contribution in [3.8, 4) is 0 Å². The summed E-state index contributed by atoms with van der Waals surface area (Å²) in [6, 6.07) is 1.50. The molecule has 4 nitrogen and oxygen atoms in total. The van der Waals surface area contributed by atoms with E-state index in [1.165, 1.54) is 6.07 Å². The molecule has 2 aromatic heterocycles. The summed E-state index contributed by atoms with van der Waals surface area (Å²) in [4.78, 5) is 14.8. The molecule has 0 amide bonds. The third-order valence-electron chi connectivity index (χ3n) is 2.03. The van der Waals surface area contributed by atoms with E-state index < -0.39 is 5.97 Å². The van der Waals surface area contributed by atoms with E-state index in [1.54, 1.807) is 16.8 Å². The zero-order valence-corrected chi connectivity index (χ0v) is 8.12. The molecule has 0 spiro atoms. The van der Waals surface area contributed by atoms with Crippen molar-refractivity contribution in [2.45, 2.75) is 6.92 Å². The number of carboxylic acid groups (broad SMARTS) is 1. The molecule has 0 aliphatic rings. The highest BCUT2D eigenvalue weighted by atomic mass is 35.5. The number of pyridine rings is 1. The molecule has 0 saturated carbocycles. The molecule has 0 aromatic carbocycles. The van der Waals surface area contributed by atoms with Crippen molar-refractivity contribution in [3.63, 3.8) is 0 Å². The second kappa shape index (κ2) is 2.99. The molecule has 2 heterocycles. The predicted molar refractivity (Wildman–Crippen MR) is 51.9 cm³/mol. The minimum atomic E-state index is -1.03. The number of aromatic carboxylic acids is 1. The average Bonchev–Trinajstić information content (AvgIpc) is 2.46. The van der Waals surface area contributed by atoms with Crippen molar-refractivity contribution in [3.05, 3.63) is 34.9 Å². The fourth-order valence-corrected chi connectivity index (χ4v) is 1.54. The van der Waals surface area contributed by atoms with Crippen LogP contribution in [0.5, 0.6) is 0 Å². The van der Waals surface area contributed by atoms with E-state index in [9.17, 15) is 4.79 Å². The monoisotopic (exact) mass is 210 g/mol. The highest BCUT2D eigenvalue weighted by molar-refractivity contribution is 6.33. The molecule has 2 aromatic rings. The summed E-state index contributed by atoms with van der Waals surface area (Å²) in [5.41, 5.74) is 0.823. The number of carbonyl (C=O) groups is 1. The number of rotatable bonds is 1. The van der Waals surface area contributed by atoms with Crippen molar-refractivity contribution in [2.75, 3.05) is 0 Å². The maximum Gasteiger partial charge on any atom is 0.337 e. The molecule has 2 rings (SSSR count). The van der Waals surface area contributed by atoms with Crippen molar-refractivity contribution in [1.29, 1.82) is 0 Å². The van der Waals surface area contributed by atoms with E-state index in [-0.39, 0.29) is 10.6 Å². The summed E-state index contributed by atoms with van der Waals surface area (Å²) in [5.74, 6) is -0.254. The van der Waals surface area contributed by atoms with Gasteiger partial charge in [0, 0.05) is 6.20 Å². The minimum absolute atomic E-state index is 0.0964. The molecule has 0 aliphatic carbocycles. The molecular formula is C9H7ClN2O2. The zero-order chi connectivity index (χ0) is 10.3. The number of aryl methyl sites for hydroxylation is 1. The Bertz CT molecular complexity index is 519. The number of halogens is 1. The van der Waals surface area contributed by atoms with E-state index in [1.807, 2.05) is 6.92 Å². The molecule has 0 atom stereocenters. The fraction of sp³-hybridized carbons (Fsp3) is 0.111. The molecule has 0 radical (unpaired) electrons. The summed E-state index contributed by atoms with van der Waals surface area (Å²) in [6.45, 7) is 1.82. The third-order valence-corrected chi connectivity index (χ3v) is 2.33. The molecular weight excluding hydrogens is 204 g/mol. The van der Waals surface area contributed by atoms with Gasteiger partial charge in [0.05, 0.1) is 22.3 Å². The van der Waals surface area contributed by atoms with Gasteiger partial charge >= 0.3 is 5.97 Å². The van der Waals surface area contributed by atoms with Crippen LogP contribution < -0.4 is 0 Å². The van der Waals surface area contributed by atoms with Crippen LogP contribution in [0.25, 0.3) is 5.52 Å². The van der Waals surface area contributed by atoms with Crippen LogP contribution in [-0.2, 0) is 0 Å². The standard InChI is InChI=1S/C9H7ClN2O2/c1-5-11-3-6-2-7(9(13)14)8(10)4-12(5)6/h2-4H,1H3,(H,13,14). The van der Waals surface area contributed by atoms with Crippen LogP contribution in [-0.4, -0.2) is 20.5 Å². The maximum absolute atomic E-state index is 10.8. The van der Waals surface area contributed by atoms with Crippen LogP contribution in [0.1, 0.15) is 16.2 Å². The number of nitrogens with zero attached hydrogens (tertiary/aromatic N) is 2. The van der Waals surface area contributed by atoms with Gasteiger partial charge in [-0.25, -0.2) is 9.78 Å². The first kappa shape index (κ1) is 9.02. The number of hydrogen-bond donors (Lipinski definition) is 1. The molecule has 1 N–H and O–H groups in total. The predicted octanol–water partition coefficient (Wildman–Crippen LogP) is 1.99. The zero-order valence-electron chi connectivity index (χ0n) is 7.36. The molecule has 0 fully saturated rings. The first-order chi connectivity index (χ1) is 6.59. The van der Waals surface area contributed by atoms with Gasteiger partial charge in [0.2, 0.25) is 0 Å². The lowest BCUT2D eigenvalue weighted by Gasteiger charge is -2.01. The van der Waals surface area contributed by atoms with E-state index in [2.05, 4.69) is 4.98 Å². The molecule has 0 aliphatic heterocycles. The number of carboxylic acids is 1. The van der Waals surface area contributed by atoms with Gasteiger partial charge < -0.3 is 9.51 Å². The van der Waals surface area contributed by atoms with Crippen LogP contribution >= 0.6 is 11.6 Å². The van der Waals surface area contributed by atoms with Crippen LogP contribution in [0.2, 0.25) is 5.02 Å². The topological polar surface area (TPSA) is 54.6 Å². The van der Waals surface area contributed by atoms with E-state index >= 15 is 0 Å². The lowest BCUT2D eigenvalue weighted by molar-refractivity contribution is 0.0697. The number of imidazole rings is 1. The van der Waals surface area contributed by atoms with Crippen LogP contribution in [0.15, 0.2) is 18.5 Å². The minimum Gasteiger partial charge on any atom is -0.478 e. The molecule has 14 heavy (non-hydrogen) atoms. The van der Waals surface area contributed by atoms with Gasteiger partial charge in [0.1, 0.15) is 5.82 Å². The second-order valence-corrected chi connectivity index (χ2v) is 3.35. The van der Waals surface area contributed by atoms with Gasteiger partial charge in [-0.2, -0.15) is 0 Å². The van der Waals surface area contributed by atoms with Crippen molar-refractivity contribution in [1.82, 2.24) is 9.38 Å². The Kier molecular flexibility index (Phi) is 1.93. The Morgan fingerprint density at radius 2 is 2.36 bits per heavy atom. The lowest BCUT2D eigenvalue weighted by atomic mass is 10.2. The Labute approximate surface area is 84.8 Å². The van der Waals surface area contributed by atoms with Gasteiger partial charge in [0.15, 0.2) is 0 Å². The first-order valence-corrected chi connectivity index (χ1v) is 4.34. The summed E-state index contributed by atoms with van der Waals surface area (Å²) >= 11 is 5.80. The highest BCUT2D eigenvalue weighted by Crippen LogP contribution is 2.19. The van der Waals surface area contributed by atoms with Crippen LogP contribution in [0, 0.1) is 6.92 Å². The largest absolute Gasteiger partial charge is 0.478 e. The van der Waals surface area contributed by atoms with Crippen molar-refractivity contribution in [2.24, 2.45) is 0 Å². The highest BCUT2D eigenvalue weighted by Gasteiger charge is 2.11. The number of aromatic nitrogens is 2. The molecule has 0 bridgehead atoms. The van der Waals surface area contributed by atoms with Gasteiger partial charge in [-0.15, -0.1) is 0 Å². The average molecular weight is 211 g/mol. The van der Waals surface area contributed by atoms with Crippen LogP contribution in [0.4, 0.5) is 0 Å². The molecule has 0 unspecified atom stereocenters. The number of fused-ring (bicyclic) bond motifs is 1. The SMILES string of the molecule is Cc1ncc2cc(C(=O)O)c(Cl)cn12. The smallest absolute Gasteiger partial charge is 0.337 e. The van der Waals surface area contributed by atoms with E-state index in [4.69, 9.17) is 16.7 Å². The quantitative estimate of drug-likeness (QED) is 0.783. The lowest BCUT2D eigenvalue weighted by Crippen LogP contribution is -1.99. The second-order valence-electron chi connectivity index (χ2n) is 2.94. The summed E-state index contributed by atoms with van der Waals surface area (Å²) in [7, 11) is 0. The Balaban J connectivity index is 2.79. The number of hydrogen-bond acceptors (Lipinski definition) is 2. The van der Waals surface area contributed by atoms with Crippen LogP contribution in [0.3, 0.4) is 0 Å². The maximum atomic E-state index is 10.8.